The van der Waals surface area contributed by atoms with Gasteiger partial charge in [-0.3, -0.25) is 4.98 Å². The zero-order chi connectivity index (χ0) is 15.5. The summed E-state index contributed by atoms with van der Waals surface area (Å²) in [5.41, 5.74) is 6.54. The van der Waals surface area contributed by atoms with Crippen molar-refractivity contribution in [2.45, 2.75) is 6.92 Å². The summed E-state index contributed by atoms with van der Waals surface area (Å²) in [5, 5.41) is 0. The van der Waals surface area contributed by atoms with Crippen molar-refractivity contribution in [3.05, 3.63) is 60.0 Å². The second-order valence-corrected chi connectivity index (χ2v) is 5.24. The fourth-order valence-electron chi connectivity index (χ4n) is 2.29. The number of hydrogen-bond donors (Lipinski definition) is 0. The fourth-order valence-corrected chi connectivity index (χ4v) is 2.29. The lowest BCUT2D eigenvalue weighted by molar-refractivity contribution is 1.16. The quantitative estimate of drug-likeness (QED) is 0.531. The van der Waals surface area contributed by atoms with E-state index < -0.39 is 0 Å². The Labute approximate surface area is 130 Å². The maximum Gasteiger partial charge on any atom is 0.141 e. The van der Waals surface area contributed by atoms with E-state index >= 15 is 0 Å². The minimum absolute atomic E-state index is 0.800. The Morgan fingerprint density at radius 2 is 1.77 bits per heavy atom. The monoisotopic (exact) mass is 283 g/mol. The van der Waals surface area contributed by atoms with Crippen molar-refractivity contribution in [2.75, 3.05) is 0 Å². The van der Waals surface area contributed by atoms with Crippen LogP contribution in [0, 0.1) is 19.3 Å². The fraction of sp³-hybridized carbons (Fsp3) is 0.0556. The summed E-state index contributed by atoms with van der Waals surface area (Å²) in [5.74, 6) is 2.67. The van der Waals surface area contributed by atoms with Crippen molar-refractivity contribution >= 4 is 13.3 Å². The number of hydrogen-bond acceptors (Lipinski definition) is 3. The van der Waals surface area contributed by atoms with E-state index in [-0.39, 0.29) is 0 Å². The molecule has 0 aliphatic heterocycles. The largest absolute Gasteiger partial charge is 0.255 e. The van der Waals surface area contributed by atoms with Gasteiger partial charge in [0.1, 0.15) is 14.2 Å². The number of aromatic nitrogens is 3. The van der Waals surface area contributed by atoms with Gasteiger partial charge in [-0.2, -0.15) is 0 Å². The molecule has 3 rings (SSSR count). The van der Waals surface area contributed by atoms with E-state index in [1.807, 2.05) is 51.3 Å². The highest BCUT2D eigenvalue weighted by Gasteiger charge is 2.06. The van der Waals surface area contributed by atoms with Gasteiger partial charge in [0.05, 0.1) is 17.1 Å². The first-order valence-corrected chi connectivity index (χ1v) is 6.99. The van der Waals surface area contributed by atoms with Gasteiger partial charge in [0.15, 0.2) is 0 Å². The van der Waals surface area contributed by atoms with Crippen molar-refractivity contribution in [1.82, 2.24) is 15.0 Å². The number of nitrogens with zero attached hydrogens (tertiary/aromatic N) is 3. The normalized spacial score (nSPS) is 10.2. The first-order chi connectivity index (χ1) is 10.7. The Morgan fingerprint density at radius 1 is 0.955 bits per heavy atom. The molecule has 0 radical (unpaired) electrons. The number of aryl methyl sites for hydroxylation is 1. The molecule has 2 aromatic heterocycles. The molecule has 1 aromatic carbocycles. The molecule has 0 saturated heterocycles. The van der Waals surface area contributed by atoms with Gasteiger partial charge in [-0.05, 0) is 42.8 Å². The zero-order valence-electron chi connectivity index (χ0n) is 12.5. The number of rotatable bonds is 2. The van der Waals surface area contributed by atoms with Crippen molar-refractivity contribution in [2.24, 2.45) is 0 Å². The van der Waals surface area contributed by atoms with Crippen LogP contribution in [0.3, 0.4) is 0 Å². The van der Waals surface area contributed by atoms with Gasteiger partial charge in [0, 0.05) is 17.3 Å². The predicted octanol–water partition coefficient (Wildman–Crippen LogP) is 1.75. The second-order valence-electron chi connectivity index (χ2n) is 5.24. The Bertz CT molecular complexity index is 864. The molecule has 0 bridgehead atoms. The summed E-state index contributed by atoms with van der Waals surface area (Å²) in [6.45, 7) is 2.02. The lowest BCUT2D eigenvalue weighted by Gasteiger charge is -2.06. The van der Waals surface area contributed by atoms with E-state index in [0.29, 0.717) is 0 Å². The first kappa shape index (κ1) is 14.0. The Balaban J connectivity index is 2.06. The van der Waals surface area contributed by atoms with Crippen molar-refractivity contribution < 1.29 is 0 Å². The Hall–Kier alpha value is -2.93. The average molecular weight is 283 g/mol. The van der Waals surface area contributed by atoms with Gasteiger partial charge >= 0.3 is 0 Å². The van der Waals surface area contributed by atoms with Crippen LogP contribution in [0.25, 0.3) is 22.6 Å². The van der Waals surface area contributed by atoms with Crippen LogP contribution in [0.15, 0.2) is 48.9 Å². The standard InChI is InChI=1S/C18H14BN3/c1-3-13-6-12(2)7-14(8-13)17-9-18(22-11-21-17)16-5-4-15(19)10-20-16/h1,4-11H,19H2,2H3. The second kappa shape index (κ2) is 5.83. The Kier molecular flexibility index (Phi) is 3.72. The van der Waals surface area contributed by atoms with Crippen molar-refractivity contribution in [3.63, 3.8) is 0 Å². The molecule has 104 valence electrons. The maximum absolute atomic E-state index is 5.51. The number of pyridine rings is 1. The van der Waals surface area contributed by atoms with Crippen LogP contribution in [0.2, 0.25) is 0 Å². The molecule has 0 aliphatic carbocycles. The van der Waals surface area contributed by atoms with Crippen LogP contribution in [-0.4, -0.2) is 22.8 Å². The highest BCUT2D eigenvalue weighted by atomic mass is 14.9. The van der Waals surface area contributed by atoms with E-state index in [1.165, 1.54) is 0 Å². The summed E-state index contributed by atoms with van der Waals surface area (Å²) < 4.78 is 0. The third-order valence-electron chi connectivity index (χ3n) is 3.38. The molecule has 0 unspecified atom stereocenters. The summed E-state index contributed by atoms with van der Waals surface area (Å²) in [6.07, 6.45) is 8.90. The molecule has 0 spiro atoms. The maximum atomic E-state index is 5.51. The SMILES string of the molecule is Bc1ccc(-c2cc(-c3cc(C)cc(C#C)c3)ncn2)nc1. The van der Waals surface area contributed by atoms with Crippen LogP contribution in [0.4, 0.5) is 0 Å². The van der Waals surface area contributed by atoms with Crippen LogP contribution in [0.1, 0.15) is 11.1 Å². The van der Waals surface area contributed by atoms with E-state index in [1.54, 1.807) is 6.33 Å². The van der Waals surface area contributed by atoms with Gasteiger partial charge in [-0.15, -0.1) is 6.42 Å². The molecule has 22 heavy (non-hydrogen) atoms. The van der Waals surface area contributed by atoms with E-state index in [4.69, 9.17) is 6.42 Å². The van der Waals surface area contributed by atoms with Crippen LogP contribution in [-0.2, 0) is 0 Å². The highest BCUT2D eigenvalue weighted by molar-refractivity contribution is 6.32. The molecular formula is C18H14BN3. The topological polar surface area (TPSA) is 38.7 Å². The molecule has 0 saturated carbocycles. The summed E-state index contributed by atoms with van der Waals surface area (Å²) >= 11 is 0. The van der Waals surface area contributed by atoms with Gasteiger partial charge in [-0.25, -0.2) is 9.97 Å². The van der Waals surface area contributed by atoms with E-state index in [0.717, 1.165) is 39.2 Å². The third-order valence-corrected chi connectivity index (χ3v) is 3.38. The van der Waals surface area contributed by atoms with Crippen LogP contribution >= 0.6 is 0 Å². The molecule has 4 heteroatoms. The lowest BCUT2D eigenvalue weighted by Crippen LogP contribution is -2.02. The Morgan fingerprint density at radius 3 is 2.50 bits per heavy atom. The molecule has 0 fully saturated rings. The van der Waals surface area contributed by atoms with Crippen molar-refractivity contribution in [1.29, 1.82) is 0 Å². The first-order valence-electron chi connectivity index (χ1n) is 6.99. The van der Waals surface area contributed by atoms with Gasteiger partial charge in [0.25, 0.3) is 0 Å². The number of terminal acetylenes is 1. The van der Waals surface area contributed by atoms with Gasteiger partial charge in [-0.1, -0.05) is 17.4 Å². The van der Waals surface area contributed by atoms with Gasteiger partial charge < -0.3 is 0 Å². The average Bonchev–Trinajstić information content (AvgIpc) is 2.55. The molecule has 0 amide bonds. The molecule has 0 atom stereocenters. The summed E-state index contributed by atoms with van der Waals surface area (Å²) in [4.78, 5) is 13.1. The van der Waals surface area contributed by atoms with Crippen LogP contribution in [0.5, 0.6) is 0 Å². The zero-order valence-corrected chi connectivity index (χ0v) is 12.5. The van der Waals surface area contributed by atoms with E-state index in [9.17, 15) is 0 Å². The molecule has 3 nitrogen and oxygen atoms in total. The molecule has 0 N–H and O–H groups in total. The molecule has 3 aromatic rings. The lowest BCUT2D eigenvalue weighted by atomic mass is 9.98. The minimum atomic E-state index is 0.800. The summed E-state index contributed by atoms with van der Waals surface area (Å²) in [6, 6.07) is 11.9. The summed E-state index contributed by atoms with van der Waals surface area (Å²) in [7, 11) is 2.01. The minimum Gasteiger partial charge on any atom is -0.255 e. The molecule has 2 heterocycles. The smallest absolute Gasteiger partial charge is 0.141 e. The number of benzene rings is 1. The predicted molar refractivity (Wildman–Crippen MR) is 91.5 cm³/mol. The van der Waals surface area contributed by atoms with Crippen LogP contribution < -0.4 is 5.46 Å². The molecule has 0 aliphatic rings. The van der Waals surface area contributed by atoms with E-state index in [2.05, 4.69) is 26.9 Å². The molecular weight excluding hydrogens is 269 g/mol. The highest BCUT2D eigenvalue weighted by Crippen LogP contribution is 2.23. The third kappa shape index (κ3) is 2.89. The van der Waals surface area contributed by atoms with Crippen molar-refractivity contribution in [3.8, 4) is 35.0 Å². The van der Waals surface area contributed by atoms with Gasteiger partial charge in [0.2, 0.25) is 0 Å².